The first-order valence-corrected chi connectivity index (χ1v) is 3.90. The smallest absolute Gasteiger partial charge is 0.0694 e. The first-order chi connectivity index (χ1) is 5.22. The van der Waals surface area contributed by atoms with Crippen LogP contribution in [0.5, 0.6) is 0 Å². The molecule has 0 spiro atoms. The molecule has 0 aromatic heterocycles. The van der Waals surface area contributed by atoms with E-state index in [1.54, 1.807) is 7.11 Å². The van der Waals surface area contributed by atoms with Gasteiger partial charge >= 0.3 is 0 Å². The van der Waals surface area contributed by atoms with Gasteiger partial charge in [0.25, 0.3) is 0 Å². The third-order valence-corrected chi connectivity index (χ3v) is 1.75. The quantitative estimate of drug-likeness (QED) is 0.618. The van der Waals surface area contributed by atoms with Crippen molar-refractivity contribution in [3.63, 3.8) is 0 Å². The Labute approximate surface area is 69.1 Å². The van der Waals surface area contributed by atoms with E-state index in [2.05, 4.69) is 11.8 Å². The van der Waals surface area contributed by atoms with Gasteiger partial charge in [-0.2, -0.15) is 0 Å². The van der Waals surface area contributed by atoms with Gasteiger partial charge in [-0.05, 0) is 20.3 Å². The van der Waals surface area contributed by atoms with Gasteiger partial charge in [0.05, 0.1) is 6.10 Å². The number of nitrogens with two attached hydrogens (primary N) is 1. The number of rotatable bonds is 4. The highest BCUT2D eigenvalue weighted by Crippen LogP contribution is 2.01. The fraction of sp³-hybridized carbons (Fsp3) is 0.778. The molecule has 0 aliphatic carbocycles. The van der Waals surface area contributed by atoms with Crippen molar-refractivity contribution in [1.82, 2.24) is 0 Å². The normalized spacial score (nSPS) is 14.9. The molecule has 0 radical (unpaired) electrons. The molecule has 0 amide bonds. The highest BCUT2D eigenvalue weighted by molar-refractivity contribution is 4.95. The molecule has 2 atom stereocenters. The van der Waals surface area contributed by atoms with E-state index in [9.17, 15) is 0 Å². The summed E-state index contributed by atoms with van der Waals surface area (Å²) >= 11 is 0. The minimum Gasteiger partial charge on any atom is -0.380 e. The lowest BCUT2D eigenvalue weighted by atomic mass is 10.1. The minimum absolute atomic E-state index is 0.112. The van der Waals surface area contributed by atoms with Gasteiger partial charge in [-0.15, -0.1) is 11.8 Å². The molecule has 0 aromatic carbocycles. The van der Waals surface area contributed by atoms with Crippen LogP contribution in [0.4, 0.5) is 0 Å². The average molecular weight is 155 g/mol. The Morgan fingerprint density at radius 1 is 1.55 bits per heavy atom. The number of hydrogen-bond acceptors (Lipinski definition) is 2. The molecule has 2 unspecified atom stereocenters. The van der Waals surface area contributed by atoms with Gasteiger partial charge in [0.2, 0.25) is 0 Å². The molecule has 2 heteroatoms. The van der Waals surface area contributed by atoms with Crippen LogP contribution >= 0.6 is 0 Å². The third kappa shape index (κ3) is 4.83. The van der Waals surface area contributed by atoms with Crippen LogP contribution in [-0.2, 0) is 4.74 Å². The van der Waals surface area contributed by atoms with E-state index in [0.29, 0.717) is 0 Å². The Morgan fingerprint density at radius 2 is 2.18 bits per heavy atom. The van der Waals surface area contributed by atoms with E-state index >= 15 is 0 Å². The van der Waals surface area contributed by atoms with Crippen molar-refractivity contribution in [2.45, 2.75) is 38.8 Å². The van der Waals surface area contributed by atoms with Crippen LogP contribution in [0, 0.1) is 11.8 Å². The fourth-order valence-corrected chi connectivity index (χ4v) is 0.773. The Kier molecular flexibility index (Phi) is 5.91. The second-order valence-corrected chi connectivity index (χ2v) is 2.57. The van der Waals surface area contributed by atoms with Crippen LogP contribution in [0.15, 0.2) is 0 Å². The van der Waals surface area contributed by atoms with Crippen LogP contribution in [-0.4, -0.2) is 19.3 Å². The van der Waals surface area contributed by atoms with E-state index in [1.165, 1.54) is 0 Å². The Bertz CT molecular complexity index is 145. The predicted molar refractivity (Wildman–Crippen MR) is 47.1 cm³/mol. The summed E-state index contributed by atoms with van der Waals surface area (Å²) in [5.41, 5.74) is 5.78. The molecule has 0 heterocycles. The zero-order valence-corrected chi connectivity index (χ0v) is 7.55. The molecule has 0 aliphatic heterocycles. The second-order valence-electron chi connectivity index (χ2n) is 2.57. The maximum absolute atomic E-state index is 5.78. The van der Waals surface area contributed by atoms with Gasteiger partial charge in [0.1, 0.15) is 0 Å². The van der Waals surface area contributed by atoms with E-state index in [0.717, 1.165) is 12.8 Å². The van der Waals surface area contributed by atoms with Crippen LogP contribution in [0.25, 0.3) is 0 Å². The Morgan fingerprint density at radius 3 is 2.64 bits per heavy atom. The average Bonchev–Trinajstić information content (AvgIpc) is 2.03. The van der Waals surface area contributed by atoms with Gasteiger partial charge in [-0.1, -0.05) is 0 Å². The standard InChI is InChI=1S/C9H17NO/c1-4-5-6-7-9(10)8(2)11-3/h8-9H,6-7,10H2,1-3H3. The first kappa shape index (κ1) is 10.5. The van der Waals surface area contributed by atoms with Crippen molar-refractivity contribution in [2.24, 2.45) is 5.73 Å². The van der Waals surface area contributed by atoms with Crippen molar-refractivity contribution < 1.29 is 4.74 Å². The molecule has 0 saturated heterocycles. The maximum atomic E-state index is 5.78. The molecular weight excluding hydrogens is 138 g/mol. The summed E-state index contributed by atoms with van der Waals surface area (Å²) < 4.78 is 5.07. The van der Waals surface area contributed by atoms with Gasteiger partial charge in [-0.25, -0.2) is 0 Å². The van der Waals surface area contributed by atoms with Crippen molar-refractivity contribution in [3.05, 3.63) is 0 Å². The van der Waals surface area contributed by atoms with Gasteiger partial charge in [0, 0.05) is 19.6 Å². The molecule has 0 rings (SSSR count). The summed E-state index contributed by atoms with van der Waals surface area (Å²) in [6, 6.07) is 0.112. The second kappa shape index (κ2) is 6.21. The summed E-state index contributed by atoms with van der Waals surface area (Å²) in [6.45, 7) is 3.81. The molecule has 0 bridgehead atoms. The molecule has 64 valence electrons. The predicted octanol–water partition coefficient (Wildman–Crippen LogP) is 1.15. The molecule has 0 saturated carbocycles. The number of methoxy groups -OCH3 is 1. The van der Waals surface area contributed by atoms with E-state index in [4.69, 9.17) is 10.5 Å². The summed E-state index contributed by atoms with van der Waals surface area (Å²) in [5, 5.41) is 0. The number of ether oxygens (including phenoxy) is 1. The van der Waals surface area contributed by atoms with E-state index in [-0.39, 0.29) is 12.1 Å². The van der Waals surface area contributed by atoms with Crippen molar-refractivity contribution in [1.29, 1.82) is 0 Å². The molecule has 0 fully saturated rings. The third-order valence-electron chi connectivity index (χ3n) is 1.75. The summed E-state index contributed by atoms with van der Waals surface area (Å²) in [4.78, 5) is 0. The van der Waals surface area contributed by atoms with Crippen LogP contribution < -0.4 is 5.73 Å². The summed E-state index contributed by atoms with van der Waals surface area (Å²) in [5.74, 6) is 5.81. The van der Waals surface area contributed by atoms with Crippen molar-refractivity contribution >= 4 is 0 Å². The van der Waals surface area contributed by atoms with E-state index < -0.39 is 0 Å². The van der Waals surface area contributed by atoms with Crippen LogP contribution in [0.3, 0.4) is 0 Å². The van der Waals surface area contributed by atoms with Gasteiger partial charge < -0.3 is 10.5 Å². The fourth-order valence-electron chi connectivity index (χ4n) is 0.773. The largest absolute Gasteiger partial charge is 0.380 e. The summed E-state index contributed by atoms with van der Waals surface area (Å²) in [7, 11) is 1.68. The Hall–Kier alpha value is -0.520. The van der Waals surface area contributed by atoms with E-state index in [1.807, 2.05) is 13.8 Å². The van der Waals surface area contributed by atoms with Crippen molar-refractivity contribution in [3.8, 4) is 11.8 Å². The highest BCUT2D eigenvalue weighted by Gasteiger charge is 2.09. The molecule has 0 aromatic rings. The maximum Gasteiger partial charge on any atom is 0.0694 e. The molecule has 2 nitrogen and oxygen atoms in total. The molecule has 11 heavy (non-hydrogen) atoms. The highest BCUT2D eigenvalue weighted by atomic mass is 16.5. The Balaban J connectivity index is 3.48. The zero-order valence-electron chi connectivity index (χ0n) is 7.55. The van der Waals surface area contributed by atoms with Gasteiger partial charge in [-0.3, -0.25) is 0 Å². The molecular formula is C9H17NO. The lowest BCUT2D eigenvalue weighted by molar-refractivity contribution is 0.0934. The van der Waals surface area contributed by atoms with Crippen LogP contribution in [0.1, 0.15) is 26.7 Å². The number of hydrogen-bond donors (Lipinski definition) is 1. The topological polar surface area (TPSA) is 35.2 Å². The monoisotopic (exact) mass is 155 g/mol. The van der Waals surface area contributed by atoms with Crippen LogP contribution in [0.2, 0.25) is 0 Å². The lowest BCUT2D eigenvalue weighted by Crippen LogP contribution is -2.33. The first-order valence-electron chi connectivity index (χ1n) is 3.90. The zero-order chi connectivity index (χ0) is 8.69. The minimum atomic E-state index is 0.112. The summed E-state index contributed by atoms with van der Waals surface area (Å²) in [6.07, 6.45) is 1.91. The van der Waals surface area contributed by atoms with Crippen molar-refractivity contribution in [2.75, 3.05) is 7.11 Å². The molecule has 2 N–H and O–H groups in total. The van der Waals surface area contributed by atoms with Gasteiger partial charge in [0.15, 0.2) is 0 Å². The molecule has 0 aliphatic rings. The lowest BCUT2D eigenvalue weighted by Gasteiger charge is -2.16. The SMILES string of the molecule is CC#CCCC(N)C(C)OC.